The fourth-order valence-electron chi connectivity index (χ4n) is 3.67. The van der Waals surface area contributed by atoms with Crippen molar-refractivity contribution < 1.29 is 19.1 Å². The van der Waals surface area contributed by atoms with Crippen LogP contribution in [0.4, 0.5) is 0 Å². The summed E-state index contributed by atoms with van der Waals surface area (Å²) in [4.78, 5) is 49.3. The topological polar surface area (TPSA) is 92.7 Å². The SMILES string of the molecule is CCOC(=O)[C@H]1CCCN(C(=O)CCN(Cc2ccccc2)C(=O)c2cnccn2)C1. The predicted molar refractivity (Wildman–Crippen MR) is 114 cm³/mol. The molecular weight excluding hydrogens is 396 g/mol. The van der Waals surface area contributed by atoms with E-state index >= 15 is 0 Å². The van der Waals surface area contributed by atoms with Crippen molar-refractivity contribution in [2.45, 2.75) is 32.7 Å². The van der Waals surface area contributed by atoms with Crippen LogP contribution >= 0.6 is 0 Å². The number of rotatable bonds is 8. The number of ether oxygens (including phenoxy) is 1. The number of hydrogen-bond donors (Lipinski definition) is 0. The van der Waals surface area contributed by atoms with Crippen molar-refractivity contribution >= 4 is 17.8 Å². The van der Waals surface area contributed by atoms with Gasteiger partial charge in [0.2, 0.25) is 5.91 Å². The number of benzene rings is 1. The Labute approximate surface area is 182 Å². The van der Waals surface area contributed by atoms with Gasteiger partial charge in [0.25, 0.3) is 5.91 Å². The molecule has 8 heteroatoms. The van der Waals surface area contributed by atoms with Crippen LogP contribution in [0.1, 0.15) is 42.2 Å². The molecule has 164 valence electrons. The number of esters is 1. The van der Waals surface area contributed by atoms with Crippen molar-refractivity contribution in [2.24, 2.45) is 5.92 Å². The van der Waals surface area contributed by atoms with Crippen molar-refractivity contribution in [3.05, 3.63) is 60.2 Å². The van der Waals surface area contributed by atoms with Gasteiger partial charge in [0.05, 0.1) is 18.7 Å². The molecule has 1 aromatic heterocycles. The summed E-state index contributed by atoms with van der Waals surface area (Å²) in [7, 11) is 0. The molecule has 1 atom stereocenters. The van der Waals surface area contributed by atoms with E-state index in [0.717, 1.165) is 18.4 Å². The van der Waals surface area contributed by atoms with E-state index in [1.54, 1.807) is 16.7 Å². The molecule has 2 amide bonds. The van der Waals surface area contributed by atoms with Crippen molar-refractivity contribution in [3.8, 4) is 0 Å². The lowest BCUT2D eigenvalue weighted by atomic mass is 9.98. The number of hydrogen-bond acceptors (Lipinski definition) is 6. The van der Waals surface area contributed by atoms with Crippen LogP contribution in [0.25, 0.3) is 0 Å². The lowest BCUT2D eigenvalue weighted by Gasteiger charge is -2.32. The van der Waals surface area contributed by atoms with Crippen LogP contribution in [0.15, 0.2) is 48.9 Å². The van der Waals surface area contributed by atoms with Gasteiger partial charge in [-0.2, -0.15) is 0 Å². The molecule has 1 saturated heterocycles. The number of aromatic nitrogens is 2. The van der Waals surface area contributed by atoms with E-state index in [-0.39, 0.29) is 42.4 Å². The molecule has 31 heavy (non-hydrogen) atoms. The fraction of sp³-hybridized carbons (Fsp3) is 0.435. The molecule has 1 aliphatic rings. The zero-order valence-electron chi connectivity index (χ0n) is 17.8. The van der Waals surface area contributed by atoms with Crippen LogP contribution in [0.2, 0.25) is 0 Å². The molecule has 0 aliphatic carbocycles. The summed E-state index contributed by atoms with van der Waals surface area (Å²) in [6.45, 7) is 3.72. The summed E-state index contributed by atoms with van der Waals surface area (Å²) in [5.41, 5.74) is 1.21. The Hall–Kier alpha value is -3.29. The quantitative estimate of drug-likeness (QED) is 0.604. The maximum absolute atomic E-state index is 13.0. The van der Waals surface area contributed by atoms with E-state index < -0.39 is 0 Å². The van der Waals surface area contributed by atoms with Gasteiger partial charge >= 0.3 is 5.97 Å². The molecule has 0 bridgehead atoms. The number of likely N-dealkylation sites (tertiary alicyclic amines) is 1. The summed E-state index contributed by atoms with van der Waals surface area (Å²) < 4.78 is 5.11. The minimum absolute atomic E-state index is 0.0704. The first-order valence-electron chi connectivity index (χ1n) is 10.6. The molecule has 0 radical (unpaired) electrons. The van der Waals surface area contributed by atoms with Crippen molar-refractivity contribution in [1.29, 1.82) is 0 Å². The van der Waals surface area contributed by atoms with Gasteiger partial charge in [-0.15, -0.1) is 0 Å². The first-order chi connectivity index (χ1) is 15.1. The molecule has 3 rings (SSSR count). The van der Waals surface area contributed by atoms with Crippen molar-refractivity contribution in [1.82, 2.24) is 19.8 Å². The molecule has 1 aromatic carbocycles. The first-order valence-corrected chi connectivity index (χ1v) is 10.6. The summed E-state index contributed by atoms with van der Waals surface area (Å²) in [5, 5.41) is 0. The number of piperidine rings is 1. The summed E-state index contributed by atoms with van der Waals surface area (Å²) >= 11 is 0. The zero-order valence-corrected chi connectivity index (χ0v) is 17.8. The molecule has 2 heterocycles. The second-order valence-corrected chi connectivity index (χ2v) is 7.48. The Bertz CT molecular complexity index is 876. The largest absolute Gasteiger partial charge is 0.466 e. The third-order valence-electron chi connectivity index (χ3n) is 5.28. The van der Waals surface area contributed by atoms with Gasteiger partial charge in [-0.25, -0.2) is 4.98 Å². The molecule has 0 unspecified atom stereocenters. The normalized spacial score (nSPS) is 15.9. The average Bonchev–Trinajstić information content (AvgIpc) is 2.82. The summed E-state index contributed by atoms with van der Waals surface area (Å²) in [5.74, 6) is -0.866. The molecule has 0 N–H and O–H groups in total. The van der Waals surface area contributed by atoms with E-state index in [2.05, 4.69) is 9.97 Å². The van der Waals surface area contributed by atoms with Crippen LogP contribution in [0, 0.1) is 5.92 Å². The Morgan fingerprint density at radius 1 is 1.19 bits per heavy atom. The van der Waals surface area contributed by atoms with Crippen molar-refractivity contribution in [2.75, 3.05) is 26.2 Å². The van der Waals surface area contributed by atoms with Crippen LogP contribution in [0.5, 0.6) is 0 Å². The highest BCUT2D eigenvalue weighted by Gasteiger charge is 2.29. The Balaban J connectivity index is 1.64. The molecule has 2 aromatic rings. The second kappa shape index (κ2) is 11.2. The minimum Gasteiger partial charge on any atom is -0.466 e. The van der Waals surface area contributed by atoms with E-state index in [9.17, 15) is 14.4 Å². The third kappa shape index (κ3) is 6.34. The van der Waals surface area contributed by atoms with Gasteiger partial charge in [0.15, 0.2) is 0 Å². The molecule has 1 fully saturated rings. The maximum atomic E-state index is 13.0. The molecule has 8 nitrogen and oxygen atoms in total. The smallest absolute Gasteiger partial charge is 0.310 e. The summed E-state index contributed by atoms with van der Waals surface area (Å²) in [6.07, 6.45) is 6.08. The van der Waals surface area contributed by atoms with Crippen LogP contribution < -0.4 is 0 Å². The number of amides is 2. The lowest BCUT2D eigenvalue weighted by Crippen LogP contribution is -2.44. The van der Waals surface area contributed by atoms with Gasteiger partial charge in [0.1, 0.15) is 5.69 Å². The van der Waals surface area contributed by atoms with E-state index in [1.165, 1.54) is 18.6 Å². The first kappa shape index (κ1) is 22.4. The highest BCUT2D eigenvalue weighted by Crippen LogP contribution is 2.19. The fourth-order valence-corrected chi connectivity index (χ4v) is 3.67. The standard InChI is InChI=1S/C23H28N4O4/c1-2-31-23(30)19-9-6-13-26(17-19)21(28)10-14-27(16-18-7-4-3-5-8-18)22(29)20-15-24-11-12-25-20/h3-5,7-8,11-12,15,19H,2,6,9-10,13-14,16-17H2,1H3/t19-/m0/s1. The molecule has 1 aliphatic heterocycles. The maximum Gasteiger partial charge on any atom is 0.310 e. The number of carbonyl (C=O) groups excluding carboxylic acids is 3. The van der Waals surface area contributed by atoms with Gasteiger partial charge < -0.3 is 14.5 Å². The Morgan fingerprint density at radius 2 is 2.00 bits per heavy atom. The van der Waals surface area contributed by atoms with Gasteiger partial charge in [-0.05, 0) is 25.3 Å². The van der Waals surface area contributed by atoms with Crippen LogP contribution in [-0.2, 0) is 20.9 Å². The highest BCUT2D eigenvalue weighted by molar-refractivity contribution is 5.92. The molecule has 0 saturated carbocycles. The van der Waals surface area contributed by atoms with Gasteiger partial charge in [0, 0.05) is 45.0 Å². The Morgan fingerprint density at radius 3 is 2.71 bits per heavy atom. The monoisotopic (exact) mass is 424 g/mol. The second-order valence-electron chi connectivity index (χ2n) is 7.48. The summed E-state index contributed by atoms with van der Waals surface area (Å²) in [6, 6.07) is 9.61. The van der Waals surface area contributed by atoms with E-state index in [1.807, 2.05) is 30.3 Å². The van der Waals surface area contributed by atoms with Crippen molar-refractivity contribution in [3.63, 3.8) is 0 Å². The van der Waals surface area contributed by atoms with Gasteiger partial charge in [-0.1, -0.05) is 30.3 Å². The highest BCUT2D eigenvalue weighted by atomic mass is 16.5. The number of nitrogens with zero attached hydrogens (tertiary/aromatic N) is 4. The minimum atomic E-state index is -0.278. The third-order valence-corrected chi connectivity index (χ3v) is 5.28. The van der Waals surface area contributed by atoms with Gasteiger partial charge in [-0.3, -0.25) is 19.4 Å². The van der Waals surface area contributed by atoms with Crippen LogP contribution in [-0.4, -0.2) is 63.8 Å². The molecular formula is C23H28N4O4. The van der Waals surface area contributed by atoms with E-state index in [4.69, 9.17) is 4.74 Å². The number of carbonyl (C=O) groups is 3. The Kier molecular flexibility index (Phi) is 8.09. The van der Waals surface area contributed by atoms with Crippen LogP contribution in [0.3, 0.4) is 0 Å². The van der Waals surface area contributed by atoms with E-state index in [0.29, 0.717) is 26.2 Å². The zero-order chi connectivity index (χ0) is 22.1. The average molecular weight is 425 g/mol. The predicted octanol–water partition coefficient (Wildman–Crippen LogP) is 2.31. The molecule has 0 spiro atoms. The lowest BCUT2D eigenvalue weighted by molar-refractivity contribution is -0.151.